The molecule has 4 nitrogen and oxygen atoms in total. The highest BCUT2D eigenvalue weighted by atomic mass is 32.1. The van der Waals surface area contributed by atoms with Gasteiger partial charge in [-0.1, -0.05) is 12.1 Å². The van der Waals surface area contributed by atoms with Crippen LogP contribution in [-0.2, 0) is 6.42 Å². The molecule has 3 aromatic rings. The number of aromatic nitrogens is 3. The molecule has 0 saturated heterocycles. The zero-order valence-corrected chi connectivity index (χ0v) is 10.5. The lowest BCUT2D eigenvalue weighted by Gasteiger charge is -2.04. The zero-order chi connectivity index (χ0) is 11.7. The van der Waals surface area contributed by atoms with Gasteiger partial charge in [0.05, 0.1) is 44.9 Å². The number of rotatable bonds is 3. The van der Waals surface area contributed by atoms with Crippen LogP contribution in [-0.4, -0.2) is 13.7 Å². The third kappa shape index (κ3) is 2.19. The van der Waals surface area contributed by atoms with Gasteiger partial charge in [0, 0.05) is 6.42 Å². The topological polar surface area (TPSA) is 64.7 Å². The molecule has 2 heterocycles. The van der Waals surface area contributed by atoms with Gasteiger partial charge >= 0.3 is 0 Å². The van der Waals surface area contributed by atoms with Crippen molar-refractivity contribution in [2.45, 2.75) is 12.5 Å². The van der Waals surface area contributed by atoms with Gasteiger partial charge in [-0.05, 0) is 12.1 Å². The Balaban J connectivity index is 1.85. The van der Waals surface area contributed by atoms with E-state index in [4.69, 9.17) is 5.73 Å². The van der Waals surface area contributed by atoms with E-state index in [9.17, 15) is 0 Å². The van der Waals surface area contributed by atoms with Crippen LogP contribution in [0, 0.1) is 0 Å². The maximum atomic E-state index is 6.06. The van der Waals surface area contributed by atoms with E-state index >= 15 is 0 Å². The van der Waals surface area contributed by atoms with E-state index in [1.165, 1.54) is 16.4 Å². The van der Waals surface area contributed by atoms with Crippen LogP contribution in [0.3, 0.4) is 0 Å². The molecule has 2 aromatic heterocycles. The van der Waals surface area contributed by atoms with Crippen LogP contribution in [0.25, 0.3) is 10.2 Å². The second-order valence-electron chi connectivity index (χ2n) is 3.72. The van der Waals surface area contributed by atoms with Crippen molar-refractivity contribution in [3.63, 3.8) is 0 Å². The van der Waals surface area contributed by atoms with Crippen molar-refractivity contribution >= 4 is 33.3 Å². The minimum atomic E-state index is -0.116. The fourth-order valence-electron chi connectivity index (χ4n) is 1.64. The van der Waals surface area contributed by atoms with Gasteiger partial charge in [-0.25, -0.2) is 4.98 Å². The number of para-hydroxylation sites is 1. The predicted molar refractivity (Wildman–Crippen MR) is 70.2 cm³/mol. The summed E-state index contributed by atoms with van der Waals surface area (Å²) >= 11 is 2.87. The second kappa shape index (κ2) is 4.48. The van der Waals surface area contributed by atoms with E-state index in [0.717, 1.165) is 16.2 Å². The molecule has 6 heteroatoms. The summed E-state index contributed by atoms with van der Waals surface area (Å²) in [6.07, 6.45) is 2.44. The summed E-state index contributed by atoms with van der Waals surface area (Å²) in [4.78, 5) is 4.56. The molecule has 0 aliphatic heterocycles. The molecule has 2 N–H and O–H groups in total. The first-order chi connectivity index (χ1) is 8.33. The number of fused-ring (bicyclic) bond motifs is 1. The van der Waals surface area contributed by atoms with Crippen molar-refractivity contribution in [3.05, 3.63) is 41.2 Å². The monoisotopic (exact) mass is 262 g/mol. The molecule has 3 rings (SSSR count). The summed E-state index contributed by atoms with van der Waals surface area (Å²) in [6, 6.07) is 8.00. The first-order valence-electron chi connectivity index (χ1n) is 5.20. The third-order valence-corrected chi connectivity index (χ3v) is 4.04. The molecular weight excluding hydrogens is 252 g/mol. The van der Waals surface area contributed by atoms with Crippen LogP contribution >= 0.6 is 23.1 Å². The maximum absolute atomic E-state index is 6.06. The lowest BCUT2D eigenvalue weighted by atomic mass is 10.2. The highest BCUT2D eigenvalue weighted by Crippen LogP contribution is 2.24. The fraction of sp³-hybridized carbons (Fsp3) is 0.182. The van der Waals surface area contributed by atoms with Crippen molar-refractivity contribution in [3.8, 4) is 0 Å². The van der Waals surface area contributed by atoms with Crippen LogP contribution in [0.15, 0.2) is 30.5 Å². The van der Waals surface area contributed by atoms with Crippen molar-refractivity contribution < 1.29 is 0 Å². The average Bonchev–Trinajstić information content (AvgIpc) is 2.97. The highest BCUT2D eigenvalue weighted by Gasteiger charge is 2.12. The minimum absolute atomic E-state index is 0.116. The third-order valence-electron chi connectivity index (χ3n) is 2.49. The summed E-state index contributed by atoms with van der Waals surface area (Å²) in [7, 11) is 0. The highest BCUT2D eigenvalue weighted by molar-refractivity contribution is 7.18. The molecule has 0 bridgehead atoms. The molecule has 17 heavy (non-hydrogen) atoms. The lowest BCUT2D eigenvalue weighted by molar-refractivity contribution is 0.702. The Morgan fingerprint density at radius 1 is 1.29 bits per heavy atom. The fourth-order valence-corrected chi connectivity index (χ4v) is 3.14. The van der Waals surface area contributed by atoms with E-state index in [2.05, 4.69) is 19.8 Å². The first kappa shape index (κ1) is 10.8. The average molecular weight is 262 g/mol. The molecule has 0 aliphatic carbocycles. The molecule has 0 amide bonds. The summed E-state index contributed by atoms with van der Waals surface area (Å²) in [5.41, 5.74) is 7.94. The van der Waals surface area contributed by atoms with Crippen LogP contribution < -0.4 is 5.73 Å². The minimum Gasteiger partial charge on any atom is -0.322 e. The molecule has 0 aliphatic rings. The molecule has 0 spiro atoms. The van der Waals surface area contributed by atoms with Gasteiger partial charge in [0.25, 0.3) is 0 Å². The number of hydrogen-bond donors (Lipinski definition) is 1. The Bertz CT molecular complexity index is 584. The van der Waals surface area contributed by atoms with Crippen LogP contribution in [0.5, 0.6) is 0 Å². The van der Waals surface area contributed by atoms with Crippen molar-refractivity contribution in [2.75, 3.05) is 0 Å². The zero-order valence-electron chi connectivity index (χ0n) is 8.91. The quantitative estimate of drug-likeness (QED) is 0.787. The number of nitrogens with two attached hydrogens (primary N) is 1. The molecule has 0 fully saturated rings. The largest absolute Gasteiger partial charge is 0.322 e. The number of nitrogens with zero attached hydrogens (tertiary/aromatic N) is 3. The van der Waals surface area contributed by atoms with Gasteiger partial charge in [-0.2, -0.15) is 8.75 Å². The van der Waals surface area contributed by atoms with Gasteiger partial charge in [0.15, 0.2) is 0 Å². The van der Waals surface area contributed by atoms with E-state index < -0.39 is 0 Å². The Morgan fingerprint density at radius 3 is 2.94 bits per heavy atom. The summed E-state index contributed by atoms with van der Waals surface area (Å²) in [6.45, 7) is 0. The van der Waals surface area contributed by atoms with Crippen molar-refractivity contribution in [1.82, 2.24) is 13.7 Å². The molecule has 1 unspecified atom stereocenters. The molecule has 1 aromatic carbocycles. The Kier molecular flexibility index (Phi) is 2.84. The molecule has 0 radical (unpaired) electrons. The van der Waals surface area contributed by atoms with Gasteiger partial charge < -0.3 is 5.73 Å². The van der Waals surface area contributed by atoms with Crippen LogP contribution in [0.4, 0.5) is 0 Å². The summed E-state index contributed by atoms with van der Waals surface area (Å²) < 4.78 is 9.31. The lowest BCUT2D eigenvalue weighted by Crippen LogP contribution is -2.13. The SMILES string of the molecule is NC(Cc1nc2ccccc2s1)c1cnsn1. The van der Waals surface area contributed by atoms with Gasteiger partial charge in [0.2, 0.25) is 0 Å². The van der Waals surface area contributed by atoms with E-state index in [-0.39, 0.29) is 6.04 Å². The van der Waals surface area contributed by atoms with Crippen molar-refractivity contribution in [1.29, 1.82) is 0 Å². The summed E-state index contributed by atoms with van der Waals surface area (Å²) in [5, 5.41) is 1.05. The van der Waals surface area contributed by atoms with Gasteiger partial charge in [0.1, 0.15) is 0 Å². The van der Waals surface area contributed by atoms with Gasteiger partial charge in [-0.15, -0.1) is 11.3 Å². The molecule has 86 valence electrons. The smallest absolute Gasteiger partial charge is 0.0958 e. The molecule has 0 saturated carbocycles. The van der Waals surface area contributed by atoms with E-state index in [0.29, 0.717) is 6.42 Å². The molecular formula is C11H10N4S2. The first-order valence-corrected chi connectivity index (χ1v) is 6.75. The number of hydrogen-bond acceptors (Lipinski definition) is 6. The Hall–Kier alpha value is -1.37. The van der Waals surface area contributed by atoms with Gasteiger partial charge in [-0.3, -0.25) is 0 Å². The summed E-state index contributed by atoms with van der Waals surface area (Å²) in [5.74, 6) is 0. The maximum Gasteiger partial charge on any atom is 0.0958 e. The van der Waals surface area contributed by atoms with E-state index in [1.54, 1.807) is 17.5 Å². The van der Waals surface area contributed by atoms with Crippen LogP contribution in [0.1, 0.15) is 16.7 Å². The standard InChI is InChI=1S/C11H10N4S2/c12-7(9-6-13-17-15-9)5-11-14-8-3-1-2-4-10(8)16-11/h1-4,6-7H,5,12H2. The molecule has 1 atom stereocenters. The van der Waals surface area contributed by atoms with Crippen LogP contribution in [0.2, 0.25) is 0 Å². The Labute approximate surface area is 106 Å². The Morgan fingerprint density at radius 2 is 2.18 bits per heavy atom. The normalized spacial score (nSPS) is 13.0. The van der Waals surface area contributed by atoms with Crippen molar-refractivity contribution in [2.24, 2.45) is 5.73 Å². The predicted octanol–water partition coefficient (Wildman–Crippen LogP) is 2.39. The number of benzene rings is 1. The number of thiazole rings is 1. The van der Waals surface area contributed by atoms with E-state index in [1.807, 2.05) is 18.2 Å². The second-order valence-corrected chi connectivity index (χ2v) is 5.39.